The predicted molar refractivity (Wildman–Crippen MR) is 134 cm³/mol. The molecule has 0 bridgehead atoms. The minimum Gasteiger partial charge on any atom is -0.378 e. The van der Waals surface area contributed by atoms with Gasteiger partial charge in [-0.15, -0.1) is 0 Å². The normalized spacial score (nSPS) is 18.6. The minimum atomic E-state index is 0.0183. The van der Waals surface area contributed by atoms with Gasteiger partial charge in [-0.3, -0.25) is 4.79 Å². The number of rotatable bonds is 6. The smallest absolute Gasteiger partial charge is 0.247 e. The van der Waals surface area contributed by atoms with Crippen molar-refractivity contribution in [2.45, 2.75) is 51.5 Å². The Morgan fingerprint density at radius 1 is 1.18 bits per heavy atom. The first-order chi connectivity index (χ1) is 16.7. The Morgan fingerprint density at radius 2 is 2.00 bits per heavy atom. The van der Waals surface area contributed by atoms with E-state index in [2.05, 4.69) is 44.8 Å². The number of aromatic nitrogens is 2. The molecule has 8 nitrogen and oxygen atoms in total. The molecule has 1 saturated carbocycles. The molecular weight excluding hydrogens is 428 g/mol. The van der Waals surface area contributed by atoms with E-state index in [0.717, 1.165) is 54.1 Å². The molecule has 0 atom stereocenters. The SMILES string of the molecule is Cc1cccc(/C=N/Nc2nc3c(c(N4CCOCC4)n2)CC(C(=O)NC2CCCCC2)=C3)c1. The predicted octanol–water partition coefficient (Wildman–Crippen LogP) is 3.46. The number of amides is 1. The van der Waals surface area contributed by atoms with E-state index in [1.165, 1.54) is 24.8 Å². The van der Waals surface area contributed by atoms with E-state index in [1.54, 1.807) is 6.21 Å². The fourth-order valence-corrected chi connectivity index (χ4v) is 4.86. The number of hydrogen-bond acceptors (Lipinski definition) is 7. The molecule has 0 unspecified atom stereocenters. The molecule has 1 aromatic heterocycles. The summed E-state index contributed by atoms with van der Waals surface area (Å²) in [4.78, 5) is 24.7. The Hall–Kier alpha value is -3.26. The third-order valence-corrected chi connectivity index (χ3v) is 6.66. The van der Waals surface area contributed by atoms with Crippen molar-refractivity contribution in [3.05, 3.63) is 52.2 Å². The summed E-state index contributed by atoms with van der Waals surface area (Å²) in [6, 6.07) is 8.40. The van der Waals surface area contributed by atoms with E-state index in [-0.39, 0.29) is 11.9 Å². The van der Waals surface area contributed by atoms with Crippen molar-refractivity contribution in [1.29, 1.82) is 0 Å². The van der Waals surface area contributed by atoms with Crippen LogP contribution in [0.3, 0.4) is 0 Å². The van der Waals surface area contributed by atoms with Gasteiger partial charge in [0, 0.05) is 36.7 Å². The van der Waals surface area contributed by atoms with Crippen LogP contribution in [0.25, 0.3) is 6.08 Å². The number of carbonyl (C=O) groups excluding carboxylic acids is 1. The van der Waals surface area contributed by atoms with E-state index in [9.17, 15) is 4.79 Å². The molecule has 0 radical (unpaired) electrons. The maximum absolute atomic E-state index is 13.0. The summed E-state index contributed by atoms with van der Waals surface area (Å²) in [5.41, 5.74) is 7.72. The summed E-state index contributed by atoms with van der Waals surface area (Å²) < 4.78 is 5.54. The van der Waals surface area contributed by atoms with Gasteiger partial charge in [0.2, 0.25) is 11.9 Å². The molecule has 2 aromatic rings. The number of nitrogens with zero attached hydrogens (tertiary/aromatic N) is 4. The summed E-state index contributed by atoms with van der Waals surface area (Å²) in [7, 11) is 0. The lowest BCUT2D eigenvalue weighted by molar-refractivity contribution is -0.118. The largest absolute Gasteiger partial charge is 0.378 e. The fourth-order valence-electron chi connectivity index (χ4n) is 4.86. The van der Waals surface area contributed by atoms with Crippen molar-refractivity contribution in [2.75, 3.05) is 36.6 Å². The van der Waals surface area contributed by atoms with Crippen LogP contribution in [0.15, 0.2) is 34.9 Å². The number of benzene rings is 1. The highest BCUT2D eigenvalue weighted by Crippen LogP contribution is 2.33. The van der Waals surface area contributed by atoms with Gasteiger partial charge in [0.25, 0.3) is 0 Å². The van der Waals surface area contributed by atoms with Crippen molar-refractivity contribution in [3.63, 3.8) is 0 Å². The van der Waals surface area contributed by atoms with Crippen molar-refractivity contribution in [3.8, 4) is 0 Å². The van der Waals surface area contributed by atoms with Crippen molar-refractivity contribution in [1.82, 2.24) is 15.3 Å². The standard InChI is InChI=1S/C26H32N6O2/c1-18-6-5-7-19(14-18)17-27-31-26-29-23-16-20(25(33)28-21-8-3-2-4-9-21)15-22(23)24(30-26)32-10-12-34-13-11-32/h5-7,14,16-17,21H,2-4,8-13,15H2,1H3,(H,28,33)(H,29,30,31)/b27-17+. The van der Waals surface area contributed by atoms with Gasteiger partial charge < -0.3 is 15.0 Å². The third kappa shape index (κ3) is 5.28. The Morgan fingerprint density at radius 3 is 2.79 bits per heavy atom. The first-order valence-corrected chi connectivity index (χ1v) is 12.3. The van der Waals surface area contributed by atoms with Gasteiger partial charge in [-0.05, 0) is 31.4 Å². The summed E-state index contributed by atoms with van der Waals surface area (Å²) in [6.45, 7) is 4.90. The van der Waals surface area contributed by atoms with Gasteiger partial charge in [0.1, 0.15) is 5.82 Å². The molecule has 2 fully saturated rings. The highest BCUT2D eigenvalue weighted by molar-refractivity contribution is 6.00. The molecule has 8 heteroatoms. The second-order valence-corrected chi connectivity index (χ2v) is 9.27. The van der Waals surface area contributed by atoms with E-state index >= 15 is 0 Å². The Balaban J connectivity index is 1.36. The van der Waals surface area contributed by atoms with Gasteiger partial charge in [0.15, 0.2) is 0 Å². The maximum Gasteiger partial charge on any atom is 0.247 e. The molecule has 178 valence electrons. The van der Waals surface area contributed by atoms with E-state index in [4.69, 9.17) is 9.72 Å². The average molecular weight is 461 g/mol. The number of nitrogens with one attached hydrogen (secondary N) is 2. The van der Waals surface area contributed by atoms with Gasteiger partial charge in [0.05, 0.1) is 25.1 Å². The van der Waals surface area contributed by atoms with Crippen LogP contribution in [0.2, 0.25) is 0 Å². The second kappa shape index (κ2) is 10.3. The molecule has 2 aliphatic carbocycles. The number of fused-ring (bicyclic) bond motifs is 1. The first-order valence-electron chi connectivity index (χ1n) is 12.3. The lowest BCUT2D eigenvalue weighted by Crippen LogP contribution is -2.38. The molecule has 2 heterocycles. The van der Waals surface area contributed by atoms with Crippen LogP contribution >= 0.6 is 0 Å². The number of ether oxygens (including phenoxy) is 1. The molecule has 1 saturated heterocycles. The summed E-state index contributed by atoms with van der Waals surface area (Å²) in [6.07, 6.45) is 10.00. The van der Waals surface area contributed by atoms with Crippen LogP contribution in [0, 0.1) is 6.92 Å². The number of hydrogen-bond donors (Lipinski definition) is 2. The van der Waals surface area contributed by atoms with Crippen molar-refractivity contribution in [2.24, 2.45) is 5.10 Å². The Bertz CT molecular complexity index is 1100. The number of carbonyl (C=O) groups is 1. The third-order valence-electron chi connectivity index (χ3n) is 6.66. The van der Waals surface area contributed by atoms with Crippen LogP contribution in [-0.2, 0) is 16.0 Å². The van der Waals surface area contributed by atoms with Gasteiger partial charge in [-0.1, -0.05) is 49.1 Å². The van der Waals surface area contributed by atoms with E-state index in [1.807, 2.05) is 18.2 Å². The zero-order chi connectivity index (χ0) is 23.3. The number of morpholine rings is 1. The molecule has 5 rings (SSSR count). The number of anilines is 2. The van der Waals surface area contributed by atoms with Crippen molar-refractivity contribution < 1.29 is 9.53 Å². The van der Waals surface area contributed by atoms with Crippen LogP contribution in [0.1, 0.15) is 54.5 Å². The number of hydrazone groups is 1. The second-order valence-electron chi connectivity index (χ2n) is 9.27. The average Bonchev–Trinajstić information content (AvgIpc) is 3.29. The molecule has 1 aromatic carbocycles. The molecular formula is C26H32N6O2. The summed E-state index contributed by atoms with van der Waals surface area (Å²) in [5.74, 6) is 1.30. The molecule has 34 heavy (non-hydrogen) atoms. The van der Waals surface area contributed by atoms with Gasteiger partial charge >= 0.3 is 0 Å². The maximum atomic E-state index is 13.0. The number of aryl methyl sites for hydroxylation is 1. The van der Waals surface area contributed by atoms with Crippen molar-refractivity contribution >= 4 is 30.0 Å². The first kappa shape index (κ1) is 22.5. The summed E-state index contributed by atoms with van der Waals surface area (Å²) in [5, 5.41) is 7.59. The Labute approximate surface area is 200 Å². The molecule has 0 spiro atoms. The topological polar surface area (TPSA) is 91.7 Å². The monoisotopic (exact) mass is 460 g/mol. The van der Waals surface area contributed by atoms with Crippen LogP contribution in [-0.4, -0.2) is 54.4 Å². The Kier molecular flexibility index (Phi) is 6.85. The van der Waals surface area contributed by atoms with Crippen LogP contribution in [0.4, 0.5) is 11.8 Å². The van der Waals surface area contributed by atoms with Gasteiger partial charge in [-0.2, -0.15) is 10.1 Å². The molecule has 1 amide bonds. The zero-order valence-electron chi connectivity index (χ0n) is 19.7. The van der Waals surface area contributed by atoms with E-state index in [0.29, 0.717) is 25.6 Å². The molecule has 1 aliphatic heterocycles. The van der Waals surface area contributed by atoms with E-state index < -0.39 is 0 Å². The highest BCUT2D eigenvalue weighted by atomic mass is 16.5. The summed E-state index contributed by atoms with van der Waals surface area (Å²) >= 11 is 0. The lowest BCUT2D eigenvalue weighted by atomic mass is 9.95. The van der Waals surface area contributed by atoms with Crippen LogP contribution in [0.5, 0.6) is 0 Å². The van der Waals surface area contributed by atoms with Crippen LogP contribution < -0.4 is 15.6 Å². The quantitative estimate of drug-likeness (QED) is 0.507. The zero-order valence-corrected chi connectivity index (χ0v) is 19.7. The van der Waals surface area contributed by atoms with Gasteiger partial charge in [-0.25, -0.2) is 10.4 Å². The lowest BCUT2D eigenvalue weighted by Gasteiger charge is -2.29. The fraction of sp³-hybridized carbons (Fsp3) is 0.462. The minimum absolute atomic E-state index is 0.0183. The molecule has 2 N–H and O–H groups in total. The highest BCUT2D eigenvalue weighted by Gasteiger charge is 2.28. The molecule has 3 aliphatic rings.